The van der Waals surface area contributed by atoms with E-state index in [1.165, 1.54) is 6.08 Å². The number of carboxylic acids is 1. The minimum absolute atomic E-state index is 0. The second kappa shape index (κ2) is 5.59. The molecule has 9 heavy (non-hydrogen) atoms. The summed E-state index contributed by atoms with van der Waals surface area (Å²) in [6.45, 7) is 3.34. The highest BCUT2D eigenvalue weighted by Gasteiger charge is 2.06. The summed E-state index contributed by atoms with van der Waals surface area (Å²) in [6, 6.07) is -0.785. The van der Waals surface area contributed by atoms with Gasteiger partial charge in [0, 0.05) is 0 Å². The molecule has 3 N–H and O–H groups in total. The summed E-state index contributed by atoms with van der Waals surface area (Å²) < 4.78 is 0. The second-order valence-electron chi connectivity index (χ2n) is 1.47. The molecule has 0 aliphatic heterocycles. The summed E-state index contributed by atoms with van der Waals surface area (Å²) in [5, 5.41) is 8.14. The van der Waals surface area contributed by atoms with Gasteiger partial charge in [0.1, 0.15) is 6.04 Å². The Balaban J connectivity index is 0. The highest BCUT2D eigenvalue weighted by molar-refractivity contribution is 5.85. The first-order valence-electron chi connectivity index (χ1n) is 2.27. The van der Waals surface area contributed by atoms with Crippen LogP contribution in [0.25, 0.3) is 0 Å². The van der Waals surface area contributed by atoms with E-state index in [2.05, 4.69) is 6.58 Å². The molecule has 0 saturated heterocycles. The maximum atomic E-state index is 9.92. The van der Waals surface area contributed by atoms with Crippen molar-refractivity contribution in [1.29, 1.82) is 0 Å². The average molecular weight is 152 g/mol. The Kier molecular flexibility index (Phi) is 7.01. The van der Waals surface area contributed by atoms with E-state index in [1.54, 1.807) is 0 Å². The molecule has 0 saturated carbocycles. The lowest BCUT2D eigenvalue weighted by molar-refractivity contribution is -0.138. The van der Waals surface area contributed by atoms with Crippen molar-refractivity contribution in [3.63, 3.8) is 0 Å². The van der Waals surface area contributed by atoms with Gasteiger partial charge in [-0.15, -0.1) is 19.0 Å². The van der Waals surface area contributed by atoms with Crippen molar-refractivity contribution in [1.82, 2.24) is 0 Å². The normalized spacial score (nSPS) is 11.2. The van der Waals surface area contributed by atoms with Crippen LogP contribution in [-0.4, -0.2) is 17.1 Å². The van der Waals surface area contributed by atoms with Gasteiger partial charge in [0.15, 0.2) is 0 Å². The molecule has 0 rings (SSSR count). The van der Waals surface area contributed by atoms with E-state index in [0.717, 1.165) is 0 Å². The number of hydrogen-bond acceptors (Lipinski definition) is 2. The van der Waals surface area contributed by atoms with E-state index >= 15 is 0 Å². The zero-order valence-corrected chi connectivity index (χ0v) is 5.73. The van der Waals surface area contributed by atoms with Crippen LogP contribution in [0.4, 0.5) is 0 Å². The van der Waals surface area contributed by atoms with Crippen LogP contribution in [0.5, 0.6) is 0 Å². The molecule has 0 fully saturated rings. The van der Waals surface area contributed by atoms with Crippen LogP contribution in [-0.2, 0) is 4.79 Å². The molecule has 0 aliphatic rings. The third-order valence-corrected chi connectivity index (χ3v) is 0.738. The molecule has 4 heteroatoms. The molecule has 0 unspecified atom stereocenters. The van der Waals surface area contributed by atoms with Gasteiger partial charge in [0.05, 0.1) is 0 Å². The SMILES string of the molecule is C=CC[C@@H](N)C(=O)O.Cl. The van der Waals surface area contributed by atoms with Crippen molar-refractivity contribution in [2.75, 3.05) is 0 Å². The first-order chi connectivity index (χ1) is 3.68. The van der Waals surface area contributed by atoms with Gasteiger partial charge >= 0.3 is 5.97 Å². The van der Waals surface area contributed by atoms with Crippen molar-refractivity contribution < 1.29 is 9.90 Å². The van der Waals surface area contributed by atoms with Crippen LogP contribution < -0.4 is 5.73 Å². The molecule has 0 aliphatic carbocycles. The van der Waals surface area contributed by atoms with Gasteiger partial charge in [0.2, 0.25) is 0 Å². The lowest BCUT2D eigenvalue weighted by Gasteiger charge is -1.98. The van der Waals surface area contributed by atoms with E-state index in [0.29, 0.717) is 6.42 Å². The Hall–Kier alpha value is -0.540. The molecule has 0 heterocycles. The molecular weight excluding hydrogens is 142 g/mol. The van der Waals surface area contributed by atoms with Crippen molar-refractivity contribution in [2.45, 2.75) is 12.5 Å². The maximum absolute atomic E-state index is 9.92. The molecule has 0 aromatic heterocycles. The number of aliphatic carboxylic acids is 1. The number of hydrogen-bond donors (Lipinski definition) is 2. The zero-order chi connectivity index (χ0) is 6.57. The second-order valence-corrected chi connectivity index (χ2v) is 1.47. The number of carboxylic acid groups (broad SMARTS) is 1. The van der Waals surface area contributed by atoms with Gasteiger partial charge < -0.3 is 10.8 Å². The Morgan fingerprint density at radius 2 is 2.33 bits per heavy atom. The molecule has 54 valence electrons. The van der Waals surface area contributed by atoms with E-state index < -0.39 is 12.0 Å². The van der Waals surface area contributed by atoms with Crippen molar-refractivity contribution in [3.8, 4) is 0 Å². The predicted octanol–water partition coefficient (Wildman–Crippen LogP) is 0.396. The van der Waals surface area contributed by atoms with Crippen LogP contribution in [0.15, 0.2) is 12.7 Å². The third kappa shape index (κ3) is 5.33. The average Bonchev–Trinajstić information content (AvgIpc) is 1.67. The number of carbonyl (C=O) groups is 1. The molecule has 0 aromatic rings. The summed E-state index contributed by atoms with van der Waals surface area (Å²) in [5.74, 6) is -0.982. The van der Waals surface area contributed by atoms with E-state index in [-0.39, 0.29) is 12.4 Å². The van der Waals surface area contributed by atoms with Gasteiger partial charge in [-0.05, 0) is 6.42 Å². The van der Waals surface area contributed by atoms with Crippen molar-refractivity contribution >= 4 is 18.4 Å². The molecule has 0 bridgehead atoms. The first-order valence-corrected chi connectivity index (χ1v) is 2.27. The van der Waals surface area contributed by atoms with Gasteiger partial charge in [0.25, 0.3) is 0 Å². The number of halogens is 1. The Morgan fingerprint density at radius 3 is 2.44 bits per heavy atom. The molecule has 0 radical (unpaired) electrons. The lowest BCUT2D eigenvalue weighted by Crippen LogP contribution is -2.28. The van der Waals surface area contributed by atoms with E-state index in [4.69, 9.17) is 10.8 Å². The fraction of sp³-hybridized carbons (Fsp3) is 0.400. The zero-order valence-electron chi connectivity index (χ0n) is 4.91. The summed E-state index contributed by atoms with van der Waals surface area (Å²) in [4.78, 5) is 9.92. The Bertz CT molecular complexity index is 105. The minimum Gasteiger partial charge on any atom is -0.480 e. The fourth-order valence-electron chi connectivity index (χ4n) is 0.280. The molecule has 0 spiro atoms. The van der Waals surface area contributed by atoms with Gasteiger partial charge in [-0.3, -0.25) is 4.79 Å². The van der Waals surface area contributed by atoms with Crippen LogP contribution in [0, 0.1) is 0 Å². The maximum Gasteiger partial charge on any atom is 0.320 e. The number of rotatable bonds is 3. The van der Waals surface area contributed by atoms with Crippen molar-refractivity contribution in [3.05, 3.63) is 12.7 Å². The first kappa shape index (κ1) is 11.3. The van der Waals surface area contributed by atoms with Crippen LogP contribution >= 0.6 is 12.4 Å². The molecule has 1 atom stereocenters. The molecule has 0 amide bonds. The monoisotopic (exact) mass is 151 g/mol. The van der Waals surface area contributed by atoms with Gasteiger partial charge in [-0.25, -0.2) is 0 Å². The third-order valence-electron chi connectivity index (χ3n) is 0.738. The fourth-order valence-corrected chi connectivity index (χ4v) is 0.280. The molecule has 0 aromatic carbocycles. The summed E-state index contributed by atoms with van der Waals surface area (Å²) in [6.07, 6.45) is 1.81. The van der Waals surface area contributed by atoms with Gasteiger partial charge in [-0.2, -0.15) is 0 Å². The van der Waals surface area contributed by atoms with Crippen LogP contribution in [0.3, 0.4) is 0 Å². The van der Waals surface area contributed by atoms with E-state index in [1.807, 2.05) is 0 Å². The number of nitrogens with two attached hydrogens (primary N) is 1. The molecule has 3 nitrogen and oxygen atoms in total. The largest absolute Gasteiger partial charge is 0.480 e. The highest BCUT2D eigenvalue weighted by atomic mass is 35.5. The lowest BCUT2D eigenvalue weighted by atomic mass is 10.2. The van der Waals surface area contributed by atoms with Crippen LogP contribution in [0.1, 0.15) is 6.42 Å². The summed E-state index contributed by atoms with van der Waals surface area (Å²) >= 11 is 0. The Labute approximate surface area is 60.0 Å². The van der Waals surface area contributed by atoms with Crippen LogP contribution in [0.2, 0.25) is 0 Å². The highest BCUT2D eigenvalue weighted by Crippen LogP contribution is 1.86. The summed E-state index contributed by atoms with van der Waals surface area (Å²) in [7, 11) is 0. The Morgan fingerprint density at radius 1 is 1.89 bits per heavy atom. The summed E-state index contributed by atoms with van der Waals surface area (Å²) in [5.41, 5.74) is 5.06. The minimum atomic E-state index is -0.982. The molecular formula is C5H10ClNO2. The topological polar surface area (TPSA) is 63.3 Å². The standard InChI is InChI=1S/C5H9NO2.ClH/c1-2-3-4(6)5(7)8;/h2,4H,1,3,6H2,(H,7,8);1H/t4-;/m1./s1. The van der Waals surface area contributed by atoms with Crippen molar-refractivity contribution in [2.24, 2.45) is 5.73 Å². The van der Waals surface area contributed by atoms with Gasteiger partial charge in [-0.1, -0.05) is 6.08 Å². The predicted molar refractivity (Wildman–Crippen MR) is 37.7 cm³/mol. The quantitative estimate of drug-likeness (QED) is 0.574. The van der Waals surface area contributed by atoms with E-state index in [9.17, 15) is 4.79 Å². The smallest absolute Gasteiger partial charge is 0.320 e.